The van der Waals surface area contributed by atoms with Crippen molar-refractivity contribution in [3.8, 4) is 23.2 Å². The summed E-state index contributed by atoms with van der Waals surface area (Å²) in [4.78, 5) is 1.75. The number of nitriles is 1. The Kier molecular flexibility index (Phi) is 5.49. The first-order valence-corrected chi connectivity index (χ1v) is 13.2. The molecule has 0 saturated carbocycles. The van der Waals surface area contributed by atoms with Crippen molar-refractivity contribution in [2.75, 3.05) is 24.6 Å². The molecule has 174 valence electrons. The van der Waals surface area contributed by atoms with E-state index in [2.05, 4.69) is 11.3 Å². The first-order valence-electron chi connectivity index (χ1n) is 11.0. The van der Waals surface area contributed by atoms with E-state index in [4.69, 9.17) is 21.4 Å². The van der Waals surface area contributed by atoms with E-state index in [1.165, 1.54) is 0 Å². The van der Waals surface area contributed by atoms with Crippen LogP contribution in [0.1, 0.15) is 24.6 Å². The summed E-state index contributed by atoms with van der Waals surface area (Å²) in [6.07, 6.45) is 6.74. The molecule has 2 aliphatic heterocycles. The molecule has 2 unspecified atom stereocenters. The highest BCUT2D eigenvalue weighted by atomic mass is 35.5. The molecule has 0 spiro atoms. The van der Waals surface area contributed by atoms with Crippen molar-refractivity contribution in [3.63, 3.8) is 0 Å². The van der Waals surface area contributed by atoms with Crippen LogP contribution >= 0.6 is 11.6 Å². The van der Waals surface area contributed by atoms with Crippen LogP contribution in [0, 0.1) is 24.3 Å². The molecule has 0 aromatic carbocycles. The molecule has 2 atom stereocenters. The standard InChI is InChI=1S/C22H25ClN6O3S/c1-14-19-3-5-27(13-24)6-7-28(19)26-21(14)17-9-20(22-18(23)10-25-29(22)11-17)32-15(2)16-4-8-33(30,31)12-16/h9-11,15-16H,3-8,12H2,1-2H3. The van der Waals surface area contributed by atoms with Crippen molar-refractivity contribution in [1.82, 2.24) is 24.3 Å². The molecule has 0 bridgehead atoms. The highest BCUT2D eigenvalue weighted by Gasteiger charge is 2.33. The number of aromatic nitrogens is 4. The summed E-state index contributed by atoms with van der Waals surface area (Å²) in [7, 11) is -3.00. The molecule has 5 rings (SSSR count). The van der Waals surface area contributed by atoms with Gasteiger partial charge in [0.1, 0.15) is 11.3 Å². The second kappa shape index (κ2) is 8.22. The number of ether oxygens (including phenoxy) is 1. The average Bonchev–Trinajstić information content (AvgIpc) is 3.38. The third-order valence-corrected chi connectivity index (χ3v) is 8.78. The summed E-state index contributed by atoms with van der Waals surface area (Å²) >= 11 is 6.41. The van der Waals surface area contributed by atoms with Gasteiger partial charge in [-0.3, -0.25) is 4.68 Å². The third kappa shape index (κ3) is 4.04. The minimum Gasteiger partial charge on any atom is -0.488 e. The fraction of sp³-hybridized carbons (Fsp3) is 0.500. The summed E-state index contributed by atoms with van der Waals surface area (Å²) in [6.45, 7) is 5.91. The molecule has 0 radical (unpaired) electrons. The molecule has 33 heavy (non-hydrogen) atoms. The highest BCUT2D eigenvalue weighted by Crippen LogP contribution is 2.36. The van der Waals surface area contributed by atoms with Crippen molar-refractivity contribution in [1.29, 1.82) is 5.26 Å². The molecular formula is C22H25ClN6O3S. The molecule has 0 amide bonds. The molecule has 5 heterocycles. The lowest BCUT2D eigenvalue weighted by molar-refractivity contribution is 0.165. The van der Waals surface area contributed by atoms with Crippen LogP contribution in [-0.2, 0) is 22.8 Å². The van der Waals surface area contributed by atoms with E-state index >= 15 is 0 Å². The van der Waals surface area contributed by atoms with Gasteiger partial charge in [0, 0.05) is 42.9 Å². The van der Waals surface area contributed by atoms with E-state index < -0.39 is 9.84 Å². The number of nitrogens with zero attached hydrogens (tertiary/aromatic N) is 6. The summed E-state index contributed by atoms with van der Waals surface area (Å²) < 4.78 is 33.9. The fourth-order valence-electron chi connectivity index (χ4n) is 4.79. The van der Waals surface area contributed by atoms with E-state index in [9.17, 15) is 13.7 Å². The van der Waals surface area contributed by atoms with Crippen LogP contribution in [0.2, 0.25) is 5.02 Å². The molecule has 3 aromatic heterocycles. The second-order valence-electron chi connectivity index (χ2n) is 8.85. The number of hydrogen-bond donors (Lipinski definition) is 0. The van der Waals surface area contributed by atoms with Gasteiger partial charge in [-0.05, 0) is 31.9 Å². The largest absolute Gasteiger partial charge is 0.488 e. The lowest BCUT2D eigenvalue weighted by Crippen LogP contribution is -2.25. The van der Waals surface area contributed by atoms with Gasteiger partial charge in [0.15, 0.2) is 16.0 Å². The fourth-order valence-corrected chi connectivity index (χ4v) is 6.93. The predicted octanol–water partition coefficient (Wildman–Crippen LogP) is 2.70. The van der Waals surface area contributed by atoms with Crippen LogP contribution in [0.25, 0.3) is 16.8 Å². The van der Waals surface area contributed by atoms with Gasteiger partial charge >= 0.3 is 0 Å². The molecule has 2 aliphatic rings. The van der Waals surface area contributed by atoms with Gasteiger partial charge in [-0.1, -0.05) is 11.6 Å². The summed E-state index contributed by atoms with van der Waals surface area (Å²) in [5.41, 5.74) is 4.52. The van der Waals surface area contributed by atoms with E-state index in [1.807, 2.05) is 30.8 Å². The molecule has 0 N–H and O–H groups in total. The zero-order valence-corrected chi connectivity index (χ0v) is 20.1. The van der Waals surface area contributed by atoms with E-state index in [-0.39, 0.29) is 23.5 Å². The number of sulfone groups is 1. The number of fused-ring (bicyclic) bond motifs is 2. The molecule has 9 nitrogen and oxygen atoms in total. The Hall–Kier alpha value is -2.77. The third-order valence-electron chi connectivity index (χ3n) is 6.71. The van der Waals surface area contributed by atoms with Crippen LogP contribution in [0.5, 0.6) is 5.75 Å². The van der Waals surface area contributed by atoms with Crippen LogP contribution < -0.4 is 4.74 Å². The van der Waals surface area contributed by atoms with Crippen LogP contribution in [-0.4, -0.2) is 63.4 Å². The van der Waals surface area contributed by atoms with Gasteiger partial charge in [-0.15, -0.1) is 0 Å². The number of rotatable bonds is 4. The number of hydrogen-bond acceptors (Lipinski definition) is 7. The Morgan fingerprint density at radius 2 is 2.15 bits per heavy atom. The van der Waals surface area contributed by atoms with Crippen molar-refractivity contribution in [3.05, 3.63) is 34.7 Å². The van der Waals surface area contributed by atoms with Crippen LogP contribution in [0.3, 0.4) is 0 Å². The minimum atomic E-state index is -3.00. The quantitative estimate of drug-likeness (QED) is 0.520. The Morgan fingerprint density at radius 1 is 1.33 bits per heavy atom. The first kappa shape index (κ1) is 22.0. The Labute approximate surface area is 197 Å². The second-order valence-corrected chi connectivity index (χ2v) is 11.5. The highest BCUT2D eigenvalue weighted by molar-refractivity contribution is 7.91. The molecule has 1 fully saturated rings. The zero-order chi connectivity index (χ0) is 23.3. The van der Waals surface area contributed by atoms with E-state index in [0.29, 0.717) is 42.3 Å². The first-order chi connectivity index (χ1) is 15.8. The predicted molar refractivity (Wildman–Crippen MR) is 124 cm³/mol. The maximum absolute atomic E-state index is 11.9. The Morgan fingerprint density at radius 3 is 2.88 bits per heavy atom. The maximum atomic E-state index is 11.9. The van der Waals surface area contributed by atoms with Gasteiger partial charge in [0.25, 0.3) is 0 Å². The molecule has 0 aliphatic carbocycles. The van der Waals surface area contributed by atoms with Gasteiger partial charge in [0.2, 0.25) is 0 Å². The maximum Gasteiger partial charge on any atom is 0.179 e. The zero-order valence-electron chi connectivity index (χ0n) is 18.5. The van der Waals surface area contributed by atoms with Crippen LogP contribution in [0.4, 0.5) is 0 Å². The van der Waals surface area contributed by atoms with Gasteiger partial charge in [-0.2, -0.15) is 15.5 Å². The van der Waals surface area contributed by atoms with E-state index in [0.717, 1.165) is 28.9 Å². The van der Waals surface area contributed by atoms with Crippen LogP contribution in [0.15, 0.2) is 18.5 Å². The smallest absolute Gasteiger partial charge is 0.179 e. The lowest BCUT2D eigenvalue weighted by atomic mass is 10.0. The average molecular weight is 489 g/mol. The molecule has 1 saturated heterocycles. The molecular weight excluding hydrogens is 464 g/mol. The lowest BCUT2D eigenvalue weighted by Gasteiger charge is -2.21. The Balaban J connectivity index is 1.52. The SMILES string of the molecule is Cc1c(-c2cc(OC(C)C3CCS(=O)(=O)C3)c3c(Cl)cnn3c2)nn2c1CCN(C#N)CC2. The number of pyridine rings is 1. The van der Waals surface area contributed by atoms with Gasteiger partial charge in [-0.25, -0.2) is 12.9 Å². The van der Waals surface area contributed by atoms with Crippen molar-refractivity contribution >= 4 is 27.0 Å². The normalized spacial score (nSPS) is 20.9. The van der Waals surface area contributed by atoms with Gasteiger partial charge in [0.05, 0.1) is 41.1 Å². The van der Waals surface area contributed by atoms with Gasteiger partial charge < -0.3 is 9.64 Å². The summed E-state index contributed by atoms with van der Waals surface area (Å²) in [6, 6.07) is 1.92. The number of halogens is 1. The van der Waals surface area contributed by atoms with E-state index in [1.54, 1.807) is 15.6 Å². The molecule has 11 heteroatoms. The molecule has 3 aromatic rings. The minimum absolute atomic E-state index is 0.0612. The topological polar surface area (TPSA) is 106 Å². The summed E-state index contributed by atoms with van der Waals surface area (Å²) in [5, 5.41) is 18.9. The van der Waals surface area contributed by atoms with Crippen molar-refractivity contribution in [2.24, 2.45) is 5.92 Å². The van der Waals surface area contributed by atoms with Crippen molar-refractivity contribution < 1.29 is 13.2 Å². The summed E-state index contributed by atoms with van der Waals surface area (Å²) in [5.74, 6) is 0.847. The van der Waals surface area contributed by atoms with Crippen molar-refractivity contribution in [2.45, 2.75) is 39.3 Å². The Bertz CT molecular complexity index is 1370. The monoisotopic (exact) mass is 488 g/mol.